The number of nitro benzene ring substituents is 1. The molecule has 0 aliphatic carbocycles. The fourth-order valence-corrected chi connectivity index (χ4v) is 1.76. The second-order valence-electron chi connectivity index (χ2n) is 3.71. The lowest BCUT2D eigenvalue weighted by Gasteiger charge is -2.12. The standard InChI is InChI=1S/C11H15BrN2O3/c1-8(6-13-2)17-7-9-3-4-10(12)5-11(9)14(15)16/h3-5,8,13H,6-7H2,1-2H3. The molecule has 0 bridgehead atoms. The van der Waals surface area contributed by atoms with Crippen molar-refractivity contribution in [2.24, 2.45) is 0 Å². The molecule has 1 aromatic rings. The molecule has 1 aromatic carbocycles. The highest BCUT2D eigenvalue weighted by Gasteiger charge is 2.14. The molecule has 0 spiro atoms. The van der Waals surface area contributed by atoms with Crippen LogP contribution in [-0.4, -0.2) is 24.6 Å². The summed E-state index contributed by atoms with van der Waals surface area (Å²) in [6.45, 7) is 2.87. The van der Waals surface area contributed by atoms with Crippen LogP contribution < -0.4 is 5.32 Å². The van der Waals surface area contributed by atoms with Crippen LogP contribution in [0.15, 0.2) is 22.7 Å². The largest absolute Gasteiger partial charge is 0.372 e. The molecule has 94 valence electrons. The smallest absolute Gasteiger partial charge is 0.276 e. The number of hydrogen-bond acceptors (Lipinski definition) is 4. The second-order valence-corrected chi connectivity index (χ2v) is 4.63. The predicted octanol–water partition coefficient (Wildman–Crippen LogP) is 2.48. The van der Waals surface area contributed by atoms with Gasteiger partial charge in [0.2, 0.25) is 0 Å². The minimum atomic E-state index is -0.397. The summed E-state index contributed by atoms with van der Waals surface area (Å²) in [7, 11) is 1.84. The molecule has 0 aliphatic rings. The van der Waals surface area contributed by atoms with E-state index in [0.717, 1.165) is 0 Å². The van der Waals surface area contributed by atoms with Gasteiger partial charge in [0.25, 0.3) is 5.69 Å². The van der Waals surface area contributed by atoms with Gasteiger partial charge in [0.05, 0.1) is 23.2 Å². The van der Waals surface area contributed by atoms with Crippen LogP contribution in [0.1, 0.15) is 12.5 Å². The number of halogens is 1. The Bertz CT molecular complexity index is 398. The lowest BCUT2D eigenvalue weighted by Crippen LogP contribution is -2.23. The normalized spacial score (nSPS) is 12.4. The molecule has 0 heterocycles. The summed E-state index contributed by atoms with van der Waals surface area (Å²) in [4.78, 5) is 10.5. The number of nitro groups is 1. The monoisotopic (exact) mass is 302 g/mol. The van der Waals surface area contributed by atoms with Crippen LogP contribution in [0.4, 0.5) is 5.69 Å². The Balaban J connectivity index is 2.73. The van der Waals surface area contributed by atoms with E-state index in [-0.39, 0.29) is 18.4 Å². The predicted molar refractivity (Wildman–Crippen MR) is 69.0 cm³/mol. The van der Waals surface area contributed by atoms with Crippen LogP contribution in [0, 0.1) is 10.1 Å². The minimum absolute atomic E-state index is 0.0169. The third-order valence-electron chi connectivity index (χ3n) is 2.26. The van der Waals surface area contributed by atoms with Crippen molar-refractivity contribution in [2.45, 2.75) is 19.6 Å². The van der Waals surface area contributed by atoms with Crippen LogP contribution in [0.5, 0.6) is 0 Å². The number of benzene rings is 1. The molecular weight excluding hydrogens is 288 g/mol. The summed E-state index contributed by atoms with van der Waals surface area (Å²) in [6.07, 6.45) is 0.0169. The Morgan fingerprint density at radius 3 is 2.88 bits per heavy atom. The van der Waals surface area contributed by atoms with Gasteiger partial charge in [0, 0.05) is 17.1 Å². The first-order valence-electron chi connectivity index (χ1n) is 5.23. The van der Waals surface area contributed by atoms with Gasteiger partial charge in [0.1, 0.15) is 0 Å². The van der Waals surface area contributed by atoms with E-state index < -0.39 is 4.92 Å². The Labute approximate surface area is 108 Å². The molecular formula is C11H15BrN2O3. The Hall–Kier alpha value is -0.980. The van der Waals surface area contributed by atoms with E-state index >= 15 is 0 Å². The van der Waals surface area contributed by atoms with E-state index in [1.165, 1.54) is 6.07 Å². The quantitative estimate of drug-likeness (QED) is 0.648. The molecule has 6 heteroatoms. The Morgan fingerprint density at radius 1 is 1.59 bits per heavy atom. The lowest BCUT2D eigenvalue weighted by atomic mass is 10.2. The Morgan fingerprint density at radius 2 is 2.29 bits per heavy atom. The number of likely N-dealkylation sites (N-methyl/N-ethyl adjacent to an activating group) is 1. The SMILES string of the molecule is CNCC(C)OCc1ccc(Br)cc1[N+](=O)[O-]. The first kappa shape index (κ1) is 14.1. The van der Waals surface area contributed by atoms with Crippen LogP contribution >= 0.6 is 15.9 Å². The summed E-state index contributed by atoms with van der Waals surface area (Å²) in [5, 5.41) is 13.8. The second kappa shape index (κ2) is 6.68. The summed E-state index contributed by atoms with van der Waals surface area (Å²) < 4.78 is 6.21. The number of nitrogens with one attached hydrogen (secondary N) is 1. The van der Waals surface area contributed by atoms with Crippen molar-refractivity contribution in [1.29, 1.82) is 0 Å². The van der Waals surface area contributed by atoms with Gasteiger partial charge >= 0.3 is 0 Å². The minimum Gasteiger partial charge on any atom is -0.372 e. The summed E-state index contributed by atoms with van der Waals surface area (Å²) in [5.74, 6) is 0. The molecule has 5 nitrogen and oxygen atoms in total. The molecule has 17 heavy (non-hydrogen) atoms. The fourth-order valence-electron chi connectivity index (χ4n) is 1.41. The van der Waals surface area contributed by atoms with Crippen molar-refractivity contribution < 1.29 is 9.66 Å². The van der Waals surface area contributed by atoms with Crippen LogP contribution in [0.2, 0.25) is 0 Å². The molecule has 1 rings (SSSR count). The molecule has 0 amide bonds. The molecule has 1 atom stereocenters. The van der Waals surface area contributed by atoms with E-state index in [2.05, 4.69) is 21.2 Å². The Kier molecular flexibility index (Phi) is 5.54. The topological polar surface area (TPSA) is 64.4 Å². The van der Waals surface area contributed by atoms with Gasteiger partial charge in [0.15, 0.2) is 0 Å². The highest BCUT2D eigenvalue weighted by atomic mass is 79.9. The van der Waals surface area contributed by atoms with Crippen LogP contribution in [0.25, 0.3) is 0 Å². The van der Waals surface area contributed by atoms with Gasteiger partial charge in [-0.25, -0.2) is 0 Å². The van der Waals surface area contributed by atoms with Crippen LogP contribution in [-0.2, 0) is 11.3 Å². The highest BCUT2D eigenvalue weighted by molar-refractivity contribution is 9.10. The fraction of sp³-hybridized carbons (Fsp3) is 0.455. The maximum atomic E-state index is 10.9. The summed E-state index contributed by atoms with van der Waals surface area (Å²) in [5.41, 5.74) is 0.664. The van der Waals surface area contributed by atoms with Crippen molar-refractivity contribution >= 4 is 21.6 Å². The first-order valence-corrected chi connectivity index (χ1v) is 6.03. The van der Waals surface area contributed by atoms with Gasteiger partial charge in [-0.05, 0) is 26.1 Å². The average Bonchev–Trinajstić information content (AvgIpc) is 2.27. The maximum Gasteiger partial charge on any atom is 0.276 e. The molecule has 1 unspecified atom stereocenters. The number of ether oxygens (including phenoxy) is 1. The maximum absolute atomic E-state index is 10.9. The number of hydrogen-bond donors (Lipinski definition) is 1. The molecule has 0 radical (unpaired) electrons. The van der Waals surface area contributed by atoms with Gasteiger partial charge in [-0.2, -0.15) is 0 Å². The number of rotatable bonds is 6. The molecule has 0 fully saturated rings. The summed E-state index contributed by atoms with van der Waals surface area (Å²) >= 11 is 3.21. The van der Waals surface area contributed by atoms with Gasteiger partial charge in [-0.15, -0.1) is 0 Å². The van der Waals surface area contributed by atoms with Crippen LogP contribution in [0.3, 0.4) is 0 Å². The number of nitrogens with zero attached hydrogens (tertiary/aromatic N) is 1. The molecule has 0 saturated heterocycles. The average molecular weight is 303 g/mol. The van der Waals surface area contributed by atoms with E-state index in [9.17, 15) is 10.1 Å². The first-order chi connectivity index (χ1) is 8.04. The molecule has 0 aliphatic heterocycles. The summed E-state index contributed by atoms with van der Waals surface area (Å²) in [6, 6.07) is 4.96. The molecule has 1 N–H and O–H groups in total. The van der Waals surface area contributed by atoms with Gasteiger partial charge in [-0.3, -0.25) is 10.1 Å². The van der Waals surface area contributed by atoms with E-state index in [1.807, 2.05) is 14.0 Å². The highest BCUT2D eigenvalue weighted by Crippen LogP contribution is 2.24. The van der Waals surface area contributed by atoms with Crippen molar-refractivity contribution in [3.05, 3.63) is 38.3 Å². The van der Waals surface area contributed by atoms with E-state index in [0.29, 0.717) is 16.6 Å². The third-order valence-corrected chi connectivity index (χ3v) is 2.75. The van der Waals surface area contributed by atoms with Gasteiger partial charge in [-0.1, -0.05) is 15.9 Å². The zero-order valence-electron chi connectivity index (χ0n) is 9.77. The van der Waals surface area contributed by atoms with E-state index in [1.54, 1.807) is 12.1 Å². The zero-order chi connectivity index (χ0) is 12.8. The molecule has 0 aromatic heterocycles. The van der Waals surface area contributed by atoms with Crippen molar-refractivity contribution in [3.63, 3.8) is 0 Å². The van der Waals surface area contributed by atoms with Gasteiger partial charge < -0.3 is 10.1 Å². The third kappa shape index (κ3) is 4.41. The zero-order valence-corrected chi connectivity index (χ0v) is 11.4. The van der Waals surface area contributed by atoms with Crippen molar-refractivity contribution in [2.75, 3.05) is 13.6 Å². The van der Waals surface area contributed by atoms with E-state index in [4.69, 9.17) is 4.74 Å². The lowest BCUT2D eigenvalue weighted by molar-refractivity contribution is -0.386. The van der Waals surface area contributed by atoms with Crippen molar-refractivity contribution in [3.8, 4) is 0 Å². The van der Waals surface area contributed by atoms with Crippen molar-refractivity contribution in [1.82, 2.24) is 5.32 Å². The molecule has 0 saturated carbocycles.